The number of halogens is 6. The molecule has 0 radical (unpaired) electrons. The smallest absolute Gasteiger partial charge is 0.433 e. The van der Waals surface area contributed by atoms with E-state index in [2.05, 4.69) is 256 Å². The molecule has 14 aliphatic rings. The molecule has 20 rings (SSSR count). The van der Waals surface area contributed by atoms with Crippen LogP contribution < -0.4 is 18.9 Å². The number of piperidine rings is 6. The molecule has 0 aliphatic carbocycles. The van der Waals surface area contributed by atoms with Crippen LogP contribution in [0.5, 0.6) is 23.5 Å². The predicted molar refractivity (Wildman–Crippen MR) is 493 cm³/mol. The number of rotatable bonds is 17. The Balaban J connectivity index is 0.000000131. The number of aryl methyl sites for hydroxylation is 4. The van der Waals surface area contributed by atoms with Crippen molar-refractivity contribution >= 4 is 0 Å². The summed E-state index contributed by atoms with van der Waals surface area (Å²) in [6.45, 7) is 67.5. The lowest BCUT2D eigenvalue weighted by atomic mass is 9.84. The molecule has 29 heteroatoms. The second kappa shape index (κ2) is 39.4. The summed E-state index contributed by atoms with van der Waals surface area (Å²) in [4.78, 5) is 60.5. The Kier molecular flexibility index (Phi) is 30.3. The van der Waals surface area contributed by atoms with Crippen molar-refractivity contribution in [3.8, 4) is 23.5 Å². The number of likely N-dealkylation sites (tertiary alicyclic amines) is 8. The summed E-state index contributed by atoms with van der Waals surface area (Å²) >= 11 is 0. The van der Waals surface area contributed by atoms with E-state index in [9.17, 15) is 26.3 Å². The van der Waals surface area contributed by atoms with Gasteiger partial charge >= 0.3 is 12.4 Å². The van der Waals surface area contributed by atoms with E-state index >= 15 is 0 Å². The molecule has 0 amide bonds. The zero-order chi connectivity index (χ0) is 92.9. The number of aromatic nitrogens is 7. The summed E-state index contributed by atoms with van der Waals surface area (Å²) in [5.74, 6) is 2.16. The molecule has 12 atom stereocenters. The summed E-state index contributed by atoms with van der Waals surface area (Å²) in [6.07, 6.45) is 9.84. The van der Waals surface area contributed by atoms with Gasteiger partial charge in [0.1, 0.15) is 5.69 Å². The fourth-order valence-corrected chi connectivity index (χ4v) is 20.7. The molecule has 14 aliphatic heterocycles. The Morgan fingerprint density at radius 2 is 0.672 bits per heavy atom. The minimum Gasteiger partial charge on any atom is -0.481 e. The van der Waals surface area contributed by atoms with Crippen molar-refractivity contribution < 1.29 is 45.3 Å². The number of fused-ring (bicyclic) bond motifs is 12. The summed E-state index contributed by atoms with van der Waals surface area (Å²) in [7, 11) is 5.01. The summed E-state index contributed by atoms with van der Waals surface area (Å²) < 4.78 is 94.2. The van der Waals surface area contributed by atoms with Crippen molar-refractivity contribution in [1.82, 2.24) is 93.7 Å². The van der Waals surface area contributed by atoms with Crippen LogP contribution in [0.4, 0.5) is 26.3 Å². The van der Waals surface area contributed by atoms with Gasteiger partial charge in [-0.3, -0.25) is 73.8 Å². The minimum absolute atomic E-state index is 0.0128. The van der Waals surface area contributed by atoms with Gasteiger partial charge in [0.25, 0.3) is 0 Å². The summed E-state index contributed by atoms with van der Waals surface area (Å²) in [5.41, 5.74) is 12.1. The van der Waals surface area contributed by atoms with Crippen molar-refractivity contribution in [2.24, 2.45) is 0 Å². The average Bonchev–Trinajstić information content (AvgIpc) is 0.823. The highest BCUT2D eigenvalue weighted by molar-refractivity contribution is 5.31. The number of pyridine rings is 5. The maximum atomic E-state index is 12.5. The van der Waals surface area contributed by atoms with Gasteiger partial charge in [-0.05, 0) is 236 Å². The molecule has 708 valence electrons. The second-order valence-corrected chi connectivity index (χ2v) is 44.3. The molecule has 0 spiro atoms. The molecule has 6 aromatic rings. The average molecular weight is 1790 g/mol. The zero-order valence-corrected chi connectivity index (χ0v) is 81.6. The van der Waals surface area contributed by atoms with Crippen LogP contribution in [-0.2, 0) is 45.4 Å². The Morgan fingerprint density at radius 1 is 0.320 bits per heavy atom. The first-order chi connectivity index (χ1) is 59.8. The molecule has 0 saturated carbocycles. The Bertz CT molecular complexity index is 4450. The number of nitrogens with zero attached hydrogens (tertiary/aromatic N) is 19. The van der Waals surface area contributed by atoms with Gasteiger partial charge < -0.3 is 18.9 Å². The van der Waals surface area contributed by atoms with Crippen molar-refractivity contribution in [2.45, 2.75) is 348 Å². The SMILES string of the molecule is CC(C)(C)N1CC2CC(C1)N2Cc1ccc(C(F)(F)F)nc1.CC(C)(C)N1CC2CC(C1)N2Cc1ccc(OCC(F)(F)F)nc1.COc1cc(C)c(CN2C3CC2CN(C(C)(C)C)C3)cn1.COc1ccc(CN2C3CC2CN(C(C)(C)C)C3)c(C)n1.COc1ncc(CN2C3CC2CN(C(C)(C)C)C3)cc1C.Cc1cnc(CN2C3CC2CN(C(C)(C)C)C3)cn1. The maximum absolute atomic E-state index is 12.5. The van der Waals surface area contributed by atoms with Crippen molar-refractivity contribution in [3.63, 3.8) is 0 Å². The Morgan fingerprint density at radius 3 is 0.984 bits per heavy atom. The molecule has 20 heterocycles. The van der Waals surface area contributed by atoms with Crippen LogP contribution in [0.15, 0.2) is 85.7 Å². The first-order valence-corrected chi connectivity index (χ1v) is 46.8. The highest BCUT2D eigenvalue weighted by Crippen LogP contribution is 2.44. The largest absolute Gasteiger partial charge is 0.481 e. The number of hydrogen-bond donors (Lipinski definition) is 0. The van der Waals surface area contributed by atoms with E-state index in [-0.39, 0.29) is 17.0 Å². The van der Waals surface area contributed by atoms with Crippen LogP contribution in [0, 0.1) is 27.7 Å². The monoisotopic (exact) mass is 1780 g/mol. The standard InChI is InChI=1S/C17H24F3N3O.3C17H27N3O.C16H22F3N3.C15H24N4/c1-16(2,3)22-9-13-6-14(10-22)23(13)8-12-4-5-15(21-7-12)24-11-17(18,19)20;1-12-6-16(21-5)18-8-13(12)9-20-14-7-15(20)11-19(10-14)17(2,3)4;1-12-6-13(8-18-16(12)21-5)9-20-14-7-15(20)11-19(10-14)17(2,3)4;1-12-13(6-7-16(18-12)21-5)9-20-14-8-15(20)11-19(10-14)17(2,3)4;1-15(2,3)21-9-12-6-13(10-21)22(12)8-11-4-5-14(20-7-11)16(17,18)19;1-11-6-17-12(7-16-11)8-19-13-5-14(19)10-18(9-13)15(2,3)4/h4-5,7,13-14H,6,8-11H2,1-3H3;2*6,8,14-15H,7,9-11H2,1-5H3;6-7,14-15H,8-11H2,1-5H3;4-5,7,12-13H,6,8-10H2,1-3H3;6-7,13-14H,5,8-10H2,1-4H3. The molecule has 0 N–H and O–H groups in total. The van der Waals surface area contributed by atoms with Crippen LogP contribution in [0.3, 0.4) is 0 Å². The van der Waals surface area contributed by atoms with Gasteiger partial charge in [0.15, 0.2) is 6.61 Å². The van der Waals surface area contributed by atoms with E-state index in [1.54, 1.807) is 39.7 Å². The first kappa shape index (κ1) is 98.6. The quantitative estimate of drug-likeness (QED) is 0.0791. The van der Waals surface area contributed by atoms with Crippen LogP contribution >= 0.6 is 0 Å². The Labute approximate surface area is 760 Å². The zero-order valence-electron chi connectivity index (χ0n) is 81.6. The van der Waals surface area contributed by atoms with Gasteiger partial charge in [-0.2, -0.15) is 26.3 Å². The van der Waals surface area contributed by atoms with Crippen LogP contribution in [0.25, 0.3) is 0 Å². The van der Waals surface area contributed by atoms with Crippen LogP contribution in [0.2, 0.25) is 0 Å². The Hall–Kier alpha value is -6.87. The van der Waals surface area contributed by atoms with E-state index in [1.807, 2.05) is 43.8 Å². The van der Waals surface area contributed by atoms with Gasteiger partial charge in [-0.1, -0.05) is 18.2 Å². The summed E-state index contributed by atoms with van der Waals surface area (Å²) in [6, 6.07) is 22.2. The maximum Gasteiger partial charge on any atom is 0.433 e. The molecular formula is C99H151F6N19O4. The van der Waals surface area contributed by atoms with E-state index in [1.165, 1.54) is 125 Å². The molecule has 14 fully saturated rings. The lowest BCUT2D eigenvalue weighted by Crippen LogP contribution is -2.70. The van der Waals surface area contributed by atoms with Crippen molar-refractivity contribution in [3.05, 3.63) is 147 Å². The van der Waals surface area contributed by atoms with Gasteiger partial charge in [0.2, 0.25) is 23.5 Å². The first-order valence-electron chi connectivity index (χ1n) is 46.8. The third kappa shape index (κ3) is 24.6. The third-order valence-corrected chi connectivity index (χ3v) is 29.1. The van der Waals surface area contributed by atoms with E-state index in [0.29, 0.717) is 113 Å². The lowest BCUT2D eigenvalue weighted by Gasteiger charge is -2.59. The van der Waals surface area contributed by atoms with Crippen LogP contribution in [0.1, 0.15) is 225 Å². The van der Waals surface area contributed by atoms with Gasteiger partial charge in [0, 0.05) is 290 Å². The lowest BCUT2D eigenvalue weighted by molar-refractivity contribution is -0.154. The number of alkyl halides is 6. The highest BCUT2D eigenvalue weighted by atomic mass is 19.4. The molecule has 23 nitrogen and oxygen atoms in total. The molecular weight excluding hydrogens is 1630 g/mol. The van der Waals surface area contributed by atoms with Crippen molar-refractivity contribution in [1.29, 1.82) is 0 Å². The molecule has 0 aromatic carbocycles. The highest BCUT2D eigenvalue weighted by Gasteiger charge is 2.53. The minimum atomic E-state index is -4.36. The van der Waals surface area contributed by atoms with E-state index in [4.69, 9.17) is 14.2 Å². The fraction of sp³-hybridized carbons (Fsp3) is 0.707. The number of methoxy groups -OCH3 is 3. The number of piperazine rings is 6. The van der Waals surface area contributed by atoms with Crippen molar-refractivity contribution in [2.75, 3.05) is 106 Å². The van der Waals surface area contributed by atoms with Gasteiger partial charge in [0.05, 0.1) is 32.7 Å². The van der Waals surface area contributed by atoms with Gasteiger partial charge in [-0.25, -0.2) is 19.9 Å². The normalized spacial score (nSPS) is 26.6. The van der Waals surface area contributed by atoms with E-state index in [0.717, 1.165) is 105 Å². The molecule has 6 aromatic heterocycles. The number of ether oxygens (including phenoxy) is 4. The molecule has 12 unspecified atom stereocenters. The van der Waals surface area contributed by atoms with Crippen LogP contribution in [-0.4, -0.2) is 312 Å². The van der Waals surface area contributed by atoms with Gasteiger partial charge in [-0.15, -0.1) is 0 Å². The molecule has 128 heavy (non-hydrogen) atoms. The fourth-order valence-electron chi connectivity index (χ4n) is 20.7. The third-order valence-electron chi connectivity index (χ3n) is 29.1. The van der Waals surface area contributed by atoms with E-state index < -0.39 is 24.7 Å². The topological polar surface area (TPSA) is 166 Å². The summed E-state index contributed by atoms with van der Waals surface area (Å²) in [5, 5.41) is 0. The molecule has 14 saturated heterocycles. The number of hydrogen-bond acceptors (Lipinski definition) is 23. The predicted octanol–water partition coefficient (Wildman–Crippen LogP) is 15.4. The second-order valence-electron chi connectivity index (χ2n) is 44.3. The molecule has 12 bridgehead atoms.